The molecule has 0 spiro atoms. The van der Waals surface area contributed by atoms with E-state index in [0.29, 0.717) is 16.4 Å². The lowest BCUT2D eigenvalue weighted by molar-refractivity contribution is 0.0965. The number of aromatic nitrogens is 1. The van der Waals surface area contributed by atoms with Crippen molar-refractivity contribution >= 4 is 27.3 Å². The molecule has 5 heteroatoms. The molecule has 20 heavy (non-hydrogen) atoms. The molecule has 0 unspecified atom stereocenters. The van der Waals surface area contributed by atoms with Gasteiger partial charge in [0.1, 0.15) is 10.6 Å². The second-order valence-corrected chi connectivity index (χ2v) is 5.18. The quantitative estimate of drug-likeness (QED) is 0.801. The first kappa shape index (κ1) is 12.6. The summed E-state index contributed by atoms with van der Waals surface area (Å²) in [7, 11) is 1.61. The van der Waals surface area contributed by atoms with Gasteiger partial charge in [0.2, 0.25) is 0 Å². The van der Waals surface area contributed by atoms with Gasteiger partial charge in [-0.2, -0.15) is 0 Å². The van der Waals surface area contributed by atoms with Crippen molar-refractivity contribution in [2.24, 2.45) is 0 Å². The van der Waals surface area contributed by atoms with Crippen LogP contribution in [0.15, 0.2) is 48.8 Å². The number of fused-ring (bicyclic) bond motifs is 1. The summed E-state index contributed by atoms with van der Waals surface area (Å²) in [5, 5.41) is 3.54. The summed E-state index contributed by atoms with van der Waals surface area (Å²) in [6, 6.07) is 11.3. The SMILES string of the molecule is CNC(=O)c1sc2cnccc2c1Oc1ccccc1. The summed E-state index contributed by atoms with van der Waals surface area (Å²) < 4.78 is 6.84. The molecule has 1 aromatic carbocycles. The van der Waals surface area contributed by atoms with E-state index < -0.39 is 0 Å². The fourth-order valence-electron chi connectivity index (χ4n) is 1.90. The third-order valence-electron chi connectivity index (χ3n) is 2.84. The number of nitrogens with zero attached hydrogens (tertiary/aromatic N) is 1. The largest absolute Gasteiger partial charge is 0.455 e. The molecule has 2 aromatic heterocycles. The molecule has 1 N–H and O–H groups in total. The molecule has 0 fully saturated rings. The Morgan fingerprint density at radius 2 is 2.05 bits per heavy atom. The third-order valence-corrected chi connectivity index (χ3v) is 3.96. The van der Waals surface area contributed by atoms with Gasteiger partial charge in [-0.3, -0.25) is 9.78 Å². The maximum absolute atomic E-state index is 12.0. The number of hydrogen-bond acceptors (Lipinski definition) is 4. The molecule has 0 bridgehead atoms. The molecule has 0 radical (unpaired) electrons. The maximum atomic E-state index is 12.0. The van der Waals surface area contributed by atoms with Gasteiger partial charge in [0.05, 0.1) is 4.70 Å². The number of rotatable bonds is 3. The summed E-state index contributed by atoms with van der Waals surface area (Å²) in [4.78, 5) is 16.6. The van der Waals surface area contributed by atoms with Crippen LogP contribution in [0.5, 0.6) is 11.5 Å². The lowest BCUT2D eigenvalue weighted by Crippen LogP contribution is -2.16. The van der Waals surface area contributed by atoms with E-state index in [1.54, 1.807) is 19.4 Å². The van der Waals surface area contributed by atoms with Crippen molar-refractivity contribution < 1.29 is 9.53 Å². The van der Waals surface area contributed by atoms with Gasteiger partial charge < -0.3 is 10.1 Å². The van der Waals surface area contributed by atoms with E-state index in [0.717, 1.165) is 10.1 Å². The van der Waals surface area contributed by atoms with Crippen LogP contribution in [0.25, 0.3) is 10.1 Å². The molecule has 0 saturated heterocycles. The average Bonchev–Trinajstić information content (AvgIpc) is 2.86. The van der Waals surface area contributed by atoms with Gasteiger partial charge in [0.25, 0.3) is 5.91 Å². The minimum Gasteiger partial charge on any atom is -0.455 e. The van der Waals surface area contributed by atoms with Crippen LogP contribution in [0.1, 0.15) is 9.67 Å². The van der Waals surface area contributed by atoms with E-state index in [9.17, 15) is 4.79 Å². The van der Waals surface area contributed by atoms with Crippen molar-refractivity contribution in [3.8, 4) is 11.5 Å². The molecular formula is C15H12N2O2S. The highest BCUT2D eigenvalue weighted by molar-refractivity contribution is 7.21. The molecular weight excluding hydrogens is 272 g/mol. The Balaban J connectivity index is 2.13. The molecule has 0 aliphatic rings. The zero-order valence-electron chi connectivity index (χ0n) is 10.8. The first-order chi connectivity index (χ1) is 9.79. The summed E-state index contributed by atoms with van der Waals surface area (Å²) >= 11 is 1.38. The van der Waals surface area contributed by atoms with Crippen molar-refractivity contribution in [1.82, 2.24) is 10.3 Å². The van der Waals surface area contributed by atoms with Crippen molar-refractivity contribution in [3.63, 3.8) is 0 Å². The molecule has 3 aromatic rings. The zero-order valence-corrected chi connectivity index (χ0v) is 11.6. The van der Waals surface area contributed by atoms with Crippen molar-refractivity contribution in [1.29, 1.82) is 0 Å². The van der Waals surface area contributed by atoms with E-state index in [1.165, 1.54) is 11.3 Å². The molecule has 4 nitrogen and oxygen atoms in total. The van der Waals surface area contributed by atoms with E-state index >= 15 is 0 Å². The Morgan fingerprint density at radius 3 is 2.80 bits per heavy atom. The zero-order chi connectivity index (χ0) is 13.9. The first-order valence-electron chi connectivity index (χ1n) is 6.11. The molecule has 0 saturated carbocycles. The van der Waals surface area contributed by atoms with E-state index in [-0.39, 0.29) is 5.91 Å². The molecule has 0 aliphatic carbocycles. The first-order valence-corrected chi connectivity index (χ1v) is 6.92. The number of carbonyl (C=O) groups excluding carboxylic acids is 1. The molecule has 3 rings (SSSR count). The predicted molar refractivity (Wildman–Crippen MR) is 79.5 cm³/mol. The minimum atomic E-state index is -0.155. The molecule has 1 amide bonds. The highest BCUT2D eigenvalue weighted by Gasteiger charge is 2.19. The predicted octanol–water partition coefficient (Wildman–Crippen LogP) is 3.45. The highest BCUT2D eigenvalue weighted by Crippen LogP contribution is 2.39. The summed E-state index contributed by atoms with van der Waals surface area (Å²) in [6.45, 7) is 0. The normalized spacial score (nSPS) is 10.4. The Morgan fingerprint density at radius 1 is 1.25 bits per heavy atom. The van der Waals surface area contributed by atoms with Crippen molar-refractivity contribution in [2.75, 3.05) is 7.05 Å². The monoisotopic (exact) mass is 284 g/mol. The number of carbonyl (C=O) groups is 1. The van der Waals surface area contributed by atoms with Crippen LogP contribution in [0.2, 0.25) is 0 Å². The summed E-state index contributed by atoms with van der Waals surface area (Å²) in [5.74, 6) is 1.13. The second-order valence-electron chi connectivity index (χ2n) is 4.13. The topological polar surface area (TPSA) is 51.2 Å². The van der Waals surface area contributed by atoms with Gasteiger partial charge in [-0.1, -0.05) is 18.2 Å². The van der Waals surface area contributed by atoms with E-state index in [1.807, 2.05) is 36.4 Å². The Kier molecular flexibility index (Phi) is 3.35. The fraction of sp³-hybridized carbons (Fsp3) is 0.0667. The van der Waals surface area contributed by atoms with Crippen LogP contribution in [-0.4, -0.2) is 17.9 Å². The van der Waals surface area contributed by atoms with Gasteiger partial charge in [-0.25, -0.2) is 0 Å². The van der Waals surface area contributed by atoms with Crippen LogP contribution in [0.4, 0.5) is 0 Å². The van der Waals surface area contributed by atoms with Gasteiger partial charge in [0.15, 0.2) is 5.75 Å². The smallest absolute Gasteiger partial charge is 0.264 e. The lowest BCUT2D eigenvalue weighted by Gasteiger charge is -2.06. The Hall–Kier alpha value is -2.40. The number of amides is 1. The number of para-hydroxylation sites is 1. The summed E-state index contributed by atoms with van der Waals surface area (Å²) in [5.41, 5.74) is 0. The fourth-order valence-corrected chi connectivity index (χ4v) is 2.94. The Labute approximate surface area is 120 Å². The third kappa shape index (κ3) is 2.23. The molecule has 0 atom stereocenters. The number of nitrogens with one attached hydrogen (secondary N) is 1. The van der Waals surface area contributed by atoms with Crippen molar-refractivity contribution in [3.05, 3.63) is 53.7 Å². The van der Waals surface area contributed by atoms with Crippen LogP contribution in [0.3, 0.4) is 0 Å². The number of hydrogen-bond donors (Lipinski definition) is 1. The molecule has 2 heterocycles. The Bertz CT molecular complexity index is 753. The molecule has 0 aliphatic heterocycles. The average molecular weight is 284 g/mol. The summed E-state index contributed by atoms with van der Waals surface area (Å²) in [6.07, 6.45) is 3.44. The standard InChI is InChI=1S/C15H12N2O2S/c1-16-15(18)14-13(19-10-5-3-2-4-6-10)11-7-8-17-9-12(11)20-14/h2-9H,1H3,(H,16,18). The lowest BCUT2D eigenvalue weighted by atomic mass is 10.2. The number of ether oxygens (including phenoxy) is 1. The number of benzene rings is 1. The number of pyridine rings is 1. The van der Waals surface area contributed by atoms with E-state index in [2.05, 4.69) is 10.3 Å². The van der Waals surface area contributed by atoms with Gasteiger partial charge in [-0.05, 0) is 18.2 Å². The van der Waals surface area contributed by atoms with Crippen molar-refractivity contribution in [2.45, 2.75) is 0 Å². The van der Waals surface area contributed by atoms with Crippen LogP contribution in [-0.2, 0) is 0 Å². The second kappa shape index (κ2) is 5.30. The van der Waals surface area contributed by atoms with Gasteiger partial charge in [-0.15, -0.1) is 11.3 Å². The van der Waals surface area contributed by atoms with Gasteiger partial charge >= 0.3 is 0 Å². The number of thiophene rings is 1. The van der Waals surface area contributed by atoms with E-state index in [4.69, 9.17) is 4.74 Å². The van der Waals surface area contributed by atoms with Crippen LogP contribution in [0, 0.1) is 0 Å². The highest BCUT2D eigenvalue weighted by atomic mass is 32.1. The molecule has 100 valence electrons. The maximum Gasteiger partial charge on any atom is 0.264 e. The minimum absolute atomic E-state index is 0.155. The van der Waals surface area contributed by atoms with Crippen LogP contribution >= 0.6 is 11.3 Å². The van der Waals surface area contributed by atoms with Crippen LogP contribution < -0.4 is 10.1 Å². The van der Waals surface area contributed by atoms with Gasteiger partial charge in [0, 0.05) is 24.8 Å².